The Kier molecular flexibility index (Phi) is 6.98. The number of hydrogen-bond acceptors (Lipinski definition) is 7. The second kappa shape index (κ2) is 9.84. The zero-order valence-electron chi connectivity index (χ0n) is 22.0. The molecule has 0 aliphatic carbocycles. The lowest BCUT2D eigenvalue weighted by Gasteiger charge is -2.35. The van der Waals surface area contributed by atoms with Gasteiger partial charge in [0.05, 0.1) is 17.7 Å². The standard InChI is InChI=1S/C26H34F3N5O3S/c1-24(2,3)37-23(36)32-8-4-5-17(13-32)22(35)34-10-7-25(15-34)6-9-33(14-25)20-19-11-18(12-26(27,28)29)38-21(19)31-16-30-20/h11,16-17H,4-10,12-15H2,1-3H3. The van der Waals surface area contributed by atoms with Crippen molar-refractivity contribution in [3.63, 3.8) is 0 Å². The summed E-state index contributed by atoms with van der Waals surface area (Å²) in [5, 5.41) is 0.657. The van der Waals surface area contributed by atoms with Crippen molar-refractivity contribution >= 4 is 39.4 Å². The van der Waals surface area contributed by atoms with Crippen molar-refractivity contribution in [3.8, 4) is 0 Å². The van der Waals surface area contributed by atoms with E-state index in [1.54, 1.807) is 11.0 Å². The van der Waals surface area contributed by atoms with Crippen LogP contribution < -0.4 is 4.90 Å². The van der Waals surface area contributed by atoms with Crippen molar-refractivity contribution in [2.45, 2.75) is 64.7 Å². The summed E-state index contributed by atoms with van der Waals surface area (Å²) in [5.74, 6) is 0.525. The quantitative estimate of drug-likeness (QED) is 0.540. The zero-order valence-corrected chi connectivity index (χ0v) is 22.8. The van der Waals surface area contributed by atoms with E-state index >= 15 is 0 Å². The van der Waals surface area contributed by atoms with E-state index in [-0.39, 0.29) is 28.2 Å². The van der Waals surface area contributed by atoms with E-state index in [2.05, 4.69) is 14.9 Å². The van der Waals surface area contributed by atoms with Gasteiger partial charge in [0.2, 0.25) is 5.91 Å². The minimum atomic E-state index is -4.27. The summed E-state index contributed by atoms with van der Waals surface area (Å²) in [6.07, 6.45) is -0.919. The maximum atomic E-state index is 13.5. The highest BCUT2D eigenvalue weighted by Gasteiger charge is 2.47. The van der Waals surface area contributed by atoms with Gasteiger partial charge in [-0.1, -0.05) is 0 Å². The third kappa shape index (κ3) is 5.84. The lowest BCUT2D eigenvalue weighted by Crippen LogP contribution is -2.48. The molecule has 8 nitrogen and oxygen atoms in total. The number of amides is 2. The second-order valence-electron chi connectivity index (χ2n) is 11.9. The molecule has 12 heteroatoms. The molecule has 2 aromatic heterocycles. The van der Waals surface area contributed by atoms with Crippen LogP contribution in [0.5, 0.6) is 0 Å². The molecular formula is C26H34F3N5O3S. The molecule has 0 aromatic carbocycles. The Morgan fingerprint density at radius 1 is 1.11 bits per heavy atom. The minimum absolute atomic E-state index is 0.0721. The van der Waals surface area contributed by atoms with E-state index in [9.17, 15) is 22.8 Å². The number of piperidine rings is 1. The molecule has 1 spiro atoms. The van der Waals surface area contributed by atoms with Crippen LogP contribution in [0.4, 0.5) is 23.8 Å². The third-order valence-corrected chi connectivity index (χ3v) is 8.69. The van der Waals surface area contributed by atoms with Crippen LogP contribution in [-0.2, 0) is 16.0 Å². The molecule has 0 N–H and O–H groups in total. The summed E-state index contributed by atoms with van der Waals surface area (Å²) in [7, 11) is 0. The molecule has 2 atom stereocenters. The molecule has 0 bridgehead atoms. The zero-order chi connectivity index (χ0) is 27.3. The summed E-state index contributed by atoms with van der Waals surface area (Å²) in [5.41, 5.74) is -0.654. The molecule has 208 valence electrons. The van der Waals surface area contributed by atoms with Crippen LogP contribution in [0.3, 0.4) is 0 Å². The van der Waals surface area contributed by atoms with Crippen LogP contribution in [0, 0.1) is 11.3 Å². The van der Waals surface area contributed by atoms with Crippen molar-refractivity contribution in [3.05, 3.63) is 17.3 Å². The van der Waals surface area contributed by atoms with Crippen LogP contribution in [0.15, 0.2) is 12.4 Å². The summed E-state index contributed by atoms with van der Waals surface area (Å²) in [6.45, 7) is 9.20. The number of alkyl halides is 3. The molecular weight excluding hydrogens is 519 g/mol. The lowest BCUT2D eigenvalue weighted by molar-refractivity contribution is -0.136. The Labute approximate surface area is 224 Å². The van der Waals surface area contributed by atoms with Crippen molar-refractivity contribution in [2.24, 2.45) is 11.3 Å². The van der Waals surface area contributed by atoms with Gasteiger partial charge in [0.1, 0.15) is 22.6 Å². The van der Waals surface area contributed by atoms with E-state index in [1.807, 2.05) is 25.7 Å². The predicted molar refractivity (Wildman–Crippen MR) is 138 cm³/mol. The molecule has 2 aromatic rings. The molecule has 3 saturated heterocycles. The molecule has 38 heavy (non-hydrogen) atoms. The molecule has 3 fully saturated rings. The summed E-state index contributed by atoms with van der Waals surface area (Å²) >= 11 is 1.06. The van der Waals surface area contributed by atoms with E-state index in [0.29, 0.717) is 48.8 Å². The number of likely N-dealkylation sites (tertiary alicyclic amines) is 2. The Hall–Kier alpha value is -2.63. The first kappa shape index (κ1) is 27.0. The fourth-order valence-corrected chi connectivity index (χ4v) is 6.95. The monoisotopic (exact) mass is 553 g/mol. The second-order valence-corrected chi connectivity index (χ2v) is 13.0. The number of hydrogen-bond donors (Lipinski definition) is 0. The summed E-state index contributed by atoms with van der Waals surface area (Å²) < 4.78 is 44.3. The first-order valence-electron chi connectivity index (χ1n) is 13.1. The number of halogens is 3. The fraction of sp³-hybridized carbons (Fsp3) is 0.692. The van der Waals surface area contributed by atoms with Crippen molar-refractivity contribution < 1.29 is 27.5 Å². The highest BCUT2D eigenvalue weighted by Crippen LogP contribution is 2.43. The van der Waals surface area contributed by atoms with E-state index in [0.717, 1.165) is 43.6 Å². The minimum Gasteiger partial charge on any atom is -0.444 e. The van der Waals surface area contributed by atoms with Crippen molar-refractivity contribution in [2.75, 3.05) is 44.2 Å². The van der Waals surface area contributed by atoms with Gasteiger partial charge < -0.3 is 19.4 Å². The number of anilines is 1. The Balaban J connectivity index is 1.23. The number of nitrogens with zero attached hydrogens (tertiary/aromatic N) is 5. The number of carbonyl (C=O) groups excluding carboxylic acids is 2. The van der Waals surface area contributed by atoms with Crippen LogP contribution in [0.25, 0.3) is 10.2 Å². The molecule has 2 unspecified atom stereocenters. The van der Waals surface area contributed by atoms with Gasteiger partial charge in [0.15, 0.2) is 0 Å². The van der Waals surface area contributed by atoms with Crippen LogP contribution in [0.2, 0.25) is 0 Å². The normalized spacial score (nSPS) is 24.6. The van der Waals surface area contributed by atoms with Gasteiger partial charge in [0, 0.05) is 49.6 Å². The predicted octanol–water partition coefficient (Wildman–Crippen LogP) is 4.87. The van der Waals surface area contributed by atoms with Crippen LogP contribution in [-0.4, -0.2) is 82.8 Å². The summed E-state index contributed by atoms with van der Waals surface area (Å²) in [6, 6.07) is 1.57. The smallest absolute Gasteiger partial charge is 0.410 e. The van der Waals surface area contributed by atoms with Gasteiger partial charge in [-0.15, -0.1) is 11.3 Å². The highest BCUT2D eigenvalue weighted by atomic mass is 32.1. The summed E-state index contributed by atoms with van der Waals surface area (Å²) in [4.78, 5) is 41.2. The topological polar surface area (TPSA) is 78.9 Å². The molecule has 0 saturated carbocycles. The van der Waals surface area contributed by atoms with Gasteiger partial charge in [-0.2, -0.15) is 13.2 Å². The maximum absolute atomic E-state index is 13.5. The largest absolute Gasteiger partial charge is 0.444 e. The van der Waals surface area contributed by atoms with Gasteiger partial charge >= 0.3 is 12.3 Å². The molecule has 5 rings (SSSR count). The van der Waals surface area contributed by atoms with Crippen LogP contribution >= 0.6 is 11.3 Å². The molecule has 3 aliphatic heterocycles. The van der Waals surface area contributed by atoms with E-state index in [1.165, 1.54) is 6.33 Å². The average Bonchev–Trinajstić information content (AvgIpc) is 3.55. The first-order chi connectivity index (χ1) is 17.8. The fourth-order valence-electron chi connectivity index (χ4n) is 5.93. The van der Waals surface area contributed by atoms with Gasteiger partial charge in [-0.3, -0.25) is 4.79 Å². The number of rotatable bonds is 3. The van der Waals surface area contributed by atoms with Gasteiger partial charge in [-0.05, 0) is 52.5 Å². The van der Waals surface area contributed by atoms with Crippen molar-refractivity contribution in [1.29, 1.82) is 0 Å². The Bertz CT molecular complexity index is 1210. The number of thiophene rings is 1. The van der Waals surface area contributed by atoms with Gasteiger partial charge in [-0.25, -0.2) is 14.8 Å². The third-order valence-electron chi connectivity index (χ3n) is 7.64. The van der Waals surface area contributed by atoms with E-state index in [4.69, 9.17) is 4.74 Å². The first-order valence-corrected chi connectivity index (χ1v) is 13.9. The van der Waals surface area contributed by atoms with Gasteiger partial charge in [0.25, 0.3) is 0 Å². The Morgan fingerprint density at radius 2 is 1.87 bits per heavy atom. The number of ether oxygens (including phenoxy) is 1. The number of carbonyl (C=O) groups is 2. The number of aromatic nitrogens is 2. The number of fused-ring (bicyclic) bond motifs is 1. The molecule has 3 aliphatic rings. The lowest BCUT2D eigenvalue weighted by atomic mass is 9.86. The van der Waals surface area contributed by atoms with Crippen molar-refractivity contribution in [1.82, 2.24) is 19.8 Å². The highest BCUT2D eigenvalue weighted by molar-refractivity contribution is 7.18. The molecule has 5 heterocycles. The van der Waals surface area contributed by atoms with E-state index < -0.39 is 18.2 Å². The Morgan fingerprint density at radius 3 is 2.61 bits per heavy atom. The SMILES string of the molecule is CC(C)(C)OC(=O)N1CCCC(C(=O)N2CCC3(CCN(c4ncnc5sc(CC(F)(F)F)cc45)C3)C2)C1. The molecule has 2 amide bonds. The maximum Gasteiger partial charge on any atom is 0.410 e. The average molecular weight is 554 g/mol. The molecule has 0 radical (unpaired) electrons. The van der Waals surface area contributed by atoms with Crippen LogP contribution in [0.1, 0.15) is 51.3 Å².